The lowest BCUT2D eigenvalue weighted by Crippen LogP contribution is -2.26. The van der Waals surface area contributed by atoms with Crippen LogP contribution in [-0.4, -0.2) is 35.9 Å². The van der Waals surface area contributed by atoms with Gasteiger partial charge in [0, 0.05) is 30.0 Å². The molecule has 1 saturated heterocycles. The minimum absolute atomic E-state index is 0.0375. The van der Waals surface area contributed by atoms with Crippen LogP contribution < -0.4 is 14.8 Å². The van der Waals surface area contributed by atoms with E-state index < -0.39 is 5.82 Å². The number of nitrogens with one attached hydrogen (secondary N) is 1. The summed E-state index contributed by atoms with van der Waals surface area (Å²) in [5.41, 5.74) is 1.33. The largest absolute Gasteiger partial charge is 0.490 e. The van der Waals surface area contributed by atoms with Crippen LogP contribution in [0.15, 0.2) is 36.7 Å². The molecular formula is C21H21ClFN3O3. The molecule has 8 heteroatoms. The van der Waals surface area contributed by atoms with E-state index in [1.807, 2.05) is 19.1 Å². The standard InChI is InChI=1S/C21H21ClFN3O3/c1-2-28-19-11-18-15(10-20(19)29-14-5-7-27-8-6-14)21(25-12-24-18)26-13-3-4-17(23)16(22)9-13/h3-4,9-12,14H,2,5-8H2,1H3,(H,24,25,26). The van der Waals surface area contributed by atoms with Crippen molar-refractivity contribution in [2.24, 2.45) is 0 Å². The van der Waals surface area contributed by atoms with E-state index >= 15 is 0 Å². The fraction of sp³-hybridized carbons (Fsp3) is 0.333. The average Bonchev–Trinajstić information content (AvgIpc) is 2.73. The smallest absolute Gasteiger partial charge is 0.163 e. The van der Waals surface area contributed by atoms with Crippen molar-refractivity contribution in [1.29, 1.82) is 0 Å². The number of rotatable bonds is 6. The third-order valence-electron chi connectivity index (χ3n) is 4.64. The van der Waals surface area contributed by atoms with Crippen molar-refractivity contribution in [3.63, 3.8) is 0 Å². The van der Waals surface area contributed by atoms with E-state index in [4.69, 9.17) is 25.8 Å². The maximum Gasteiger partial charge on any atom is 0.163 e. The van der Waals surface area contributed by atoms with Gasteiger partial charge in [0.25, 0.3) is 0 Å². The Labute approximate surface area is 173 Å². The fourth-order valence-corrected chi connectivity index (χ4v) is 3.39. The lowest BCUT2D eigenvalue weighted by atomic mass is 10.1. The number of fused-ring (bicyclic) bond motifs is 1. The molecule has 1 aromatic heterocycles. The van der Waals surface area contributed by atoms with Crippen LogP contribution in [0.5, 0.6) is 11.5 Å². The van der Waals surface area contributed by atoms with Gasteiger partial charge in [0.2, 0.25) is 0 Å². The van der Waals surface area contributed by atoms with Crippen molar-refractivity contribution in [3.05, 3.63) is 47.5 Å². The summed E-state index contributed by atoms with van der Waals surface area (Å²) in [6, 6.07) is 8.14. The summed E-state index contributed by atoms with van der Waals surface area (Å²) in [4.78, 5) is 8.70. The van der Waals surface area contributed by atoms with E-state index in [1.54, 1.807) is 6.07 Å². The van der Waals surface area contributed by atoms with Crippen molar-refractivity contribution in [1.82, 2.24) is 9.97 Å². The zero-order chi connectivity index (χ0) is 20.2. The van der Waals surface area contributed by atoms with Crippen LogP contribution in [0.4, 0.5) is 15.9 Å². The van der Waals surface area contributed by atoms with Crippen LogP contribution in [-0.2, 0) is 4.74 Å². The van der Waals surface area contributed by atoms with Gasteiger partial charge in [-0.2, -0.15) is 0 Å². The zero-order valence-electron chi connectivity index (χ0n) is 16.0. The molecule has 0 radical (unpaired) electrons. The van der Waals surface area contributed by atoms with Gasteiger partial charge in [0.15, 0.2) is 11.5 Å². The Morgan fingerprint density at radius 3 is 2.76 bits per heavy atom. The number of benzene rings is 2. The predicted octanol–water partition coefficient (Wildman–Crippen LogP) is 5.12. The highest BCUT2D eigenvalue weighted by molar-refractivity contribution is 6.31. The molecule has 0 aliphatic carbocycles. The van der Waals surface area contributed by atoms with Crippen molar-refractivity contribution in [2.75, 3.05) is 25.1 Å². The Hall–Kier alpha value is -2.64. The topological polar surface area (TPSA) is 65.5 Å². The van der Waals surface area contributed by atoms with Gasteiger partial charge in [-0.05, 0) is 31.2 Å². The van der Waals surface area contributed by atoms with E-state index in [-0.39, 0.29) is 11.1 Å². The number of anilines is 2. The molecule has 6 nitrogen and oxygen atoms in total. The van der Waals surface area contributed by atoms with Crippen molar-refractivity contribution >= 4 is 34.0 Å². The number of halogens is 2. The highest BCUT2D eigenvalue weighted by Gasteiger charge is 2.19. The molecule has 1 fully saturated rings. The molecule has 1 aliphatic heterocycles. The summed E-state index contributed by atoms with van der Waals surface area (Å²) in [5.74, 6) is 1.37. The first-order valence-electron chi connectivity index (χ1n) is 9.52. The molecule has 1 N–H and O–H groups in total. The molecule has 0 spiro atoms. The molecular weight excluding hydrogens is 397 g/mol. The maximum atomic E-state index is 13.5. The van der Waals surface area contributed by atoms with Crippen molar-refractivity contribution in [3.8, 4) is 11.5 Å². The van der Waals surface area contributed by atoms with Crippen LogP contribution in [0, 0.1) is 5.82 Å². The van der Waals surface area contributed by atoms with Gasteiger partial charge in [0.05, 0.1) is 30.4 Å². The number of nitrogens with zero attached hydrogens (tertiary/aromatic N) is 2. The second-order valence-electron chi connectivity index (χ2n) is 6.65. The summed E-state index contributed by atoms with van der Waals surface area (Å²) in [6.45, 7) is 3.81. The van der Waals surface area contributed by atoms with Gasteiger partial charge in [-0.15, -0.1) is 0 Å². The number of hydrogen-bond donors (Lipinski definition) is 1. The number of ether oxygens (including phenoxy) is 3. The van der Waals surface area contributed by atoms with Crippen molar-refractivity contribution in [2.45, 2.75) is 25.9 Å². The van der Waals surface area contributed by atoms with E-state index in [2.05, 4.69) is 15.3 Å². The highest BCUT2D eigenvalue weighted by atomic mass is 35.5. The summed E-state index contributed by atoms with van der Waals surface area (Å²) in [5, 5.41) is 3.98. The summed E-state index contributed by atoms with van der Waals surface area (Å²) >= 11 is 5.89. The van der Waals surface area contributed by atoms with Gasteiger partial charge in [-0.25, -0.2) is 14.4 Å². The Bertz CT molecular complexity index is 1010. The summed E-state index contributed by atoms with van der Waals surface area (Å²) < 4.78 is 30.9. The van der Waals surface area contributed by atoms with E-state index in [1.165, 1.54) is 18.5 Å². The SMILES string of the molecule is CCOc1cc2ncnc(Nc3ccc(F)c(Cl)c3)c2cc1OC1CCOCC1. The van der Waals surface area contributed by atoms with Crippen LogP contribution in [0.1, 0.15) is 19.8 Å². The average molecular weight is 418 g/mol. The van der Waals surface area contributed by atoms with Gasteiger partial charge in [-0.1, -0.05) is 11.6 Å². The summed E-state index contributed by atoms with van der Waals surface area (Å²) in [6.07, 6.45) is 3.18. The molecule has 0 amide bonds. The second kappa shape index (κ2) is 8.80. The second-order valence-corrected chi connectivity index (χ2v) is 7.06. The van der Waals surface area contributed by atoms with Gasteiger partial charge in [-0.3, -0.25) is 0 Å². The first-order chi connectivity index (χ1) is 14.1. The van der Waals surface area contributed by atoms with E-state index in [9.17, 15) is 4.39 Å². The number of hydrogen-bond acceptors (Lipinski definition) is 6. The quantitative estimate of drug-likeness (QED) is 0.600. The molecule has 3 aromatic rings. The highest BCUT2D eigenvalue weighted by Crippen LogP contribution is 2.36. The molecule has 1 aliphatic rings. The molecule has 0 unspecified atom stereocenters. The zero-order valence-corrected chi connectivity index (χ0v) is 16.7. The monoisotopic (exact) mass is 417 g/mol. The molecule has 2 aromatic carbocycles. The third-order valence-corrected chi connectivity index (χ3v) is 4.93. The Morgan fingerprint density at radius 1 is 1.17 bits per heavy atom. The van der Waals surface area contributed by atoms with Crippen LogP contribution in [0.2, 0.25) is 5.02 Å². The Kier molecular flexibility index (Phi) is 5.97. The van der Waals surface area contributed by atoms with E-state index in [0.29, 0.717) is 48.3 Å². The molecule has 2 heterocycles. The molecule has 0 saturated carbocycles. The third kappa shape index (κ3) is 4.52. The molecule has 0 bridgehead atoms. The van der Waals surface area contributed by atoms with Crippen LogP contribution >= 0.6 is 11.6 Å². The van der Waals surface area contributed by atoms with Crippen LogP contribution in [0.25, 0.3) is 10.9 Å². The molecule has 4 rings (SSSR count). The van der Waals surface area contributed by atoms with Crippen molar-refractivity contribution < 1.29 is 18.6 Å². The minimum Gasteiger partial charge on any atom is -0.490 e. The predicted molar refractivity (Wildman–Crippen MR) is 110 cm³/mol. The first kappa shape index (κ1) is 19.7. The Balaban J connectivity index is 1.71. The molecule has 29 heavy (non-hydrogen) atoms. The van der Waals surface area contributed by atoms with Gasteiger partial charge < -0.3 is 19.5 Å². The lowest BCUT2D eigenvalue weighted by Gasteiger charge is -2.24. The first-order valence-corrected chi connectivity index (χ1v) is 9.90. The van der Waals surface area contributed by atoms with Gasteiger partial charge in [0.1, 0.15) is 24.1 Å². The molecule has 0 atom stereocenters. The maximum absolute atomic E-state index is 13.5. The lowest BCUT2D eigenvalue weighted by molar-refractivity contribution is 0.0244. The fourth-order valence-electron chi connectivity index (χ4n) is 3.21. The molecule has 152 valence electrons. The summed E-state index contributed by atoms with van der Waals surface area (Å²) in [7, 11) is 0. The van der Waals surface area contributed by atoms with Gasteiger partial charge >= 0.3 is 0 Å². The normalized spacial score (nSPS) is 14.7. The van der Waals surface area contributed by atoms with E-state index in [0.717, 1.165) is 18.2 Å². The van der Waals surface area contributed by atoms with Crippen LogP contribution in [0.3, 0.4) is 0 Å². The number of aromatic nitrogens is 2. The Morgan fingerprint density at radius 2 is 2.00 bits per heavy atom. The minimum atomic E-state index is -0.474.